The van der Waals surface area contributed by atoms with Gasteiger partial charge in [0.1, 0.15) is 17.8 Å². The predicted molar refractivity (Wildman–Crippen MR) is 135 cm³/mol. The number of carbonyl (C=O) groups is 4. The van der Waals surface area contributed by atoms with Crippen molar-refractivity contribution in [2.45, 2.75) is 24.9 Å². The van der Waals surface area contributed by atoms with Crippen LogP contribution in [0.3, 0.4) is 0 Å². The largest absolute Gasteiger partial charge is 0.508 e. The summed E-state index contributed by atoms with van der Waals surface area (Å²) in [7, 11) is 2.44. The summed E-state index contributed by atoms with van der Waals surface area (Å²) in [5.74, 6) is -3.00. The third kappa shape index (κ3) is 7.66. The molecule has 0 bridgehead atoms. The molecule has 0 aromatic heterocycles. The molecule has 3 aromatic rings. The fourth-order valence-electron chi connectivity index (χ4n) is 3.73. The number of ether oxygens (including phenoxy) is 2. The molecule has 3 rings (SSSR count). The quantitative estimate of drug-likeness (QED) is 0.362. The first kappa shape index (κ1) is 26.9. The molecule has 0 spiro atoms. The highest BCUT2D eigenvalue weighted by atomic mass is 16.5. The number of methoxy groups -OCH3 is 2. The van der Waals surface area contributed by atoms with Crippen LogP contribution in [0.2, 0.25) is 0 Å². The van der Waals surface area contributed by atoms with Crippen molar-refractivity contribution in [1.82, 2.24) is 10.6 Å². The predicted octanol–water partition coefficient (Wildman–Crippen LogP) is 2.42. The first-order valence-corrected chi connectivity index (χ1v) is 11.5. The maximum absolute atomic E-state index is 13.0. The molecule has 2 amide bonds. The van der Waals surface area contributed by atoms with Crippen LogP contribution in [0, 0.1) is 0 Å². The molecule has 0 aliphatic heterocycles. The molecule has 0 heterocycles. The fraction of sp³-hybridized carbons (Fsp3) is 0.214. The summed E-state index contributed by atoms with van der Waals surface area (Å²) in [4.78, 5) is 50.5. The number of hydrogen-bond donors (Lipinski definition) is 3. The van der Waals surface area contributed by atoms with Gasteiger partial charge in [0.2, 0.25) is 0 Å². The van der Waals surface area contributed by atoms with Crippen LogP contribution in [0.1, 0.15) is 31.8 Å². The van der Waals surface area contributed by atoms with E-state index in [0.29, 0.717) is 0 Å². The second-order valence-electron chi connectivity index (χ2n) is 8.25. The minimum atomic E-state index is -0.992. The van der Waals surface area contributed by atoms with Gasteiger partial charge in [-0.1, -0.05) is 60.7 Å². The van der Waals surface area contributed by atoms with Gasteiger partial charge in [0.15, 0.2) is 0 Å². The molecular weight excluding hydrogens is 476 g/mol. The molecule has 0 aliphatic rings. The van der Waals surface area contributed by atoms with Crippen LogP contribution >= 0.6 is 0 Å². The normalized spacial score (nSPS) is 12.1. The van der Waals surface area contributed by atoms with Gasteiger partial charge in [-0.25, -0.2) is 9.59 Å². The third-order valence-electron chi connectivity index (χ3n) is 5.59. The van der Waals surface area contributed by atoms with E-state index < -0.39 is 35.8 Å². The Balaban J connectivity index is 1.78. The summed E-state index contributed by atoms with van der Waals surface area (Å²) >= 11 is 0. The van der Waals surface area contributed by atoms with E-state index in [0.717, 1.165) is 11.1 Å². The molecule has 0 unspecified atom stereocenters. The lowest BCUT2D eigenvalue weighted by Gasteiger charge is -2.18. The maximum atomic E-state index is 13.0. The number of benzene rings is 3. The van der Waals surface area contributed by atoms with Gasteiger partial charge in [0.25, 0.3) is 11.8 Å². The van der Waals surface area contributed by atoms with E-state index >= 15 is 0 Å². The zero-order valence-electron chi connectivity index (χ0n) is 20.5. The van der Waals surface area contributed by atoms with Gasteiger partial charge < -0.3 is 25.2 Å². The van der Waals surface area contributed by atoms with Crippen LogP contribution in [0.25, 0.3) is 0 Å². The smallest absolute Gasteiger partial charge is 0.328 e. The Morgan fingerprint density at radius 2 is 1.05 bits per heavy atom. The summed E-state index contributed by atoms with van der Waals surface area (Å²) in [6.07, 6.45) is 0.372. The van der Waals surface area contributed by atoms with Crippen molar-refractivity contribution in [3.8, 4) is 5.75 Å². The highest BCUT2D eigenvalue weighted by molar-refractivity contribution is 6.02. The molecule has 0 saturated heterocycles. The summed E-state index contributed by atoms with van der Waals surface area (Å²) in [5, 5.41) is 15.4. The lowest BCUT2D eigenvalue weighted by molar-refractivity contribution is -0.143. The van der Waals surface area contributed by atoms with Gasteiger partial charge in [-0.2, -0.15) is 0 Å². The lowest BCUT2D eigenvalue weighted by Crippen LogP contribution is -2.44. The number of nitrogens with one attached hydrogen (secondary N) is 2. The summed E-state index contributed by atoms with van der Waals surface area (Å²) in [6, 6.07) is 19.8. The molecule has 0 saturated carbocycles. The van der Waals surface area contributed by atoms with E-state index in [2.05, 4.69) is 10.6 Å². The monoisotopic (exact) mass is 504 g/mol. The topological polar surface area (TPSA) is 131 Å². The van der Waals surface area contributed by atoms with Crippen LogP contribution in [0.4, 0.5) is 0 Å². The average Bonchev–Trinajstić information content (AvgIpc) is 2.92. The average molecular weight is 505 g/mol. The van der Waals surface area contributed by atoms with Gasteiger partial charge in [-0.05, 0) is 29.3 Å². The van der Waals surface area contributed by atoms with Crippen molar-refractivity contribution in [1.29, 1.82) is 0 Å². The first-order chi connectivity index (χ1) is 17.8. The first-order valence-electron chi connectivity index (χ1n) is 11.5. The number of esters is 2. The Bertz CT molecular complexity index is 1150. The Morgan fingerprint density at radius 1 is 0.676 bits per heavy atom. The van der Waals surface area contributed by atoms with Crippen LogP contribution in [-0.2, 0) is 31.9 Å². The highest BCUT2D eigenvalue weighted by Gasteiger charge is 2.25. The highest BCUT2D eigenvalue weighted by Crippen LogP contribution is 2.17. The standard InChI is InChI=1S/C28H28N2O7/c1-36-27(34)23(13-18-9-5-3-6-10-18)29-25(32)20-15-21(17-22(31)16-20)26(33)30-24(28(35)37-2)14-19-11-7-4-8-12-19/h3-12,15-17,23-24,31H,13-14H2,1-2H3,(H,29,32)(H,30,33)/t23-,24-/m0/s1. The molecule has 9 nitrogen and oxygen atoms in total. The van der Waals surface area contributed by atoms with Gasteiger partial charge in [0, 0.05) is 24.0 Å². The van der Waals surface area contributed by atoms with E-state index in [1.54, 1.807) is 0 Å². The number of carbonyl (C=O) groups excluding carboxylic acids is 4. The zero-order chi connectivity index (χ0) is 26.8. The molecular formula is C28H28N2O7. The zero-order valence-corrected chi connectivity index (χ0v) is 20.5. The van der Waals surface area contributed by atoms with Crippen LogP contribution < -0.4 is 10.6 Å². The molecule has 3 aromatic carbocycles. The van der Waals surface area contributed by atoms with E-state index in [-0.39, 0.29) is 29.7 Å². The van der Waals surface area contributed by atoms with Crippen LogP contribution in [0.15, 0.2) is 78.9 Å². The molecule has 192 valence electrons. The molecule has 2 atom stereocenters. The summed E-state index contributed by atoms with van der Waals surface area (Å²) < 4.78 is 9.64. The maximum Gasteiger partial charge on any atom is 0.328 e. The Kier molecular flexibility index (Phi) is 9.37. The minimum Gasteiger partial charge on any atom is -0.508 e. The summed E-state index contributed by atoms with van der Waals surface area (Å²) in [5.41, 5.74) is 1.51. The van der Waals surface area contributed by atoms with Crippen molar-refractivity contribution >= 4 is 23.8 Å². The van der Waals surface area contributed by atoms with Gasteiger partial charge in [-0.15, -0.1) is 0 Å². The molecule has 0 aliphatic carbocycles. The van der Waals surface area contributed by atoms with E-state index in [1.165, 1.54) is 32.4 Å². The molecule has 0 fully saturated rings. The Labute approximate surface area is 214 Å². The number of aromatic hydroxyl groups is 1. The van der Waals surface area contributed by atoms with Crippen molar-refractivity contribution in [2.24, 2.45) is 0 Å². The van der Waals surface area contributed by atoms with Crippen LogP contribution in [-0.4, -0.2) is 55.2 Å². The van der Waals surface area contributed by atoms with Gasteiger partial charge in [-0.3, -0.25) is 9.59 Å². The number of rotatable bonds is 10. The van der Waals surface area contributed by atoms with E-state index in [1.807, 2.05) is 60.7 Å². The van der Waals surface area contributed by atoms with Crippen molar-refractivity contribution in [3.63, 3.8) is 0 Å². The minimum absolute atomic E-state index is 0.0511. The second-order valence-corrected chi connectivity index (χ2v) is 8.25. The van der Waals surface area contributed by atoms with Crippen LogP contribution in [0.5, 0.6) is 5.75 Å². The van der Waals surface area contributed by atoms with Crippen molar-refractivity contribution < 1.29 is 33.8 Å². The summed E-state index contributed by atoms with van der Waals surface area (Å²) in [6.45, 7) is 0. The molecule has 9 heteroatoms. The third-order valence-corrected chi connectivity index (χ3v) is 5.59. The van der Waals surface area contributed by atoms with Gasteiger partial charge in [0.05, 0.1) is 14.2 Å². The molecule has 0 radical (unpaired) electrons. The van der Waals surface area contributed by atoms with Gasteiger partial charge >= 0.3 is 11.9 Å². The second kappa shape index (κ2) is 12.9. The van der Waals surface area contributed by atoms with Crippen molar-refractivity contribution in [2.75, 3.05) is 14.2 Å². The van der Waals surface area contributed by atoms with Crippen molar-refractivity contribution in [3.05, 3.63) is 101 Å². The number of phenolic OH excluding ortho intramolecular Hbond substituents is 1. The fourth-order valence-corrected chi connectivity index (χ4v) is 3.73. The Morgan fingerprint density at radius 3 is 1.41 bits per heavy atom. The lowest BCUT2D eigenvalue weighted by atomic mass is 10.0. The SMILES string of the molecule is COC(=O)[C@H](Cc1ccccc1)NC(=O)c1cc(O)cc(C(=O)N[C@@H](Cc2ccccc2)C(=O)OC)c1. The Hall–Kier alpha value is -4.66. The van der Waals surface area contributed by atoms with E-state index in [4.69, 9.17) is 9.47 Å². The number of amides is 2. The molecule has 37 heavy (non-hydrogen) atoms. The number of phenols is 1. The number of hydrogen-bond acceptors (Lipinski definition) is 7. The molecule has 3 N–H and O–H groups in total. The van der Waals surface area contributed by atoms with E-state index in [9.17, 15) is 24.3 Å².